The van der Waals surface area contributed by atoms with Gasteiger partial charge in [0.15, 0.2) is 0 Å². The molecule has 0 amide bonds. The maximum atomic E-state index is 8.60. The highest BCUT2D eigenvalue weighted by atomic mass is 35.5. The molecule has 0 spiro atoms. The van der Waals surface area contributed by atoms with Gasteiger partial charge in [0, 0.05) is 18.1 Å². The minimum Gasteiger partial charge on any atom is -0.493 e. The van der Waals surface area contributed by atoms with Gasteiger partial charge in [-0.05, 0) is 18.2 Å². The minimum absolute atomic E-state index is 0.0724. The molecule has 0 aromatic heterocycles. The van der Waals surface area contributed by atoms with E-state index in [1.165, 1.54) is 0 Å². The first kappa shape index (κ1) is 11.8. The molecule has 0 unspecified atom stereocenters. The number of aliphatic hydroxyl groups is 1. The highest BCUT2D eigenvalue weighted by Gasteiger charge is 2.07. The van der Waals surface area contributed by atoms with Crippen LogP contribution in [0.1, 0.15) is 12.0 Å². The standard InChI is InChI=1S/C10H13ClN2O2/c11-7-2-3-9(15-5-1-4-14)8(6-7)10(12)13/h2-3,6,14H,1,4-5H2,(H3,12,13). The molecular formula is C10H13ClN2O2. The van der Waals surface area contributed by atoms with E-state index in [-0.39, 0.29) is 12.4 Å². The molecule has 15 heavy (non-hydrogen) atoms. The van der Waals surface area contributed by atoms with Crippen molar-refractivity contribution in [3.63, 3.8) is 0 Å². The third-order valence-corrected chi connectivity index (χ3v) is 2.03. The molecule has 82 valence electrons. The Labute approximate surface area is 93.1 Å². The molecule has 5 heteroatoms. The van der Waals surface area contributed by atoms with Crippen molar-refractivity contribution in [3.8, 4) is 5.75 Å². The molecule has 1 aromatic carbocycles. The van der Waals surface area contributed by atoms with Gasteiger partial charge in [0.25, 0.3) is 0 Å². The van der Waals surface area contributed by atoms with Crippen LogP contribution in [0.5, 0.6) is 5.75 Å². The molecule has 0 atom stereocenters. The fraction of sp³-hybridized carbons (Fsp3) is 0.300. The van der Waals surface area contributed by atoms with Crippen molar-refractivity contribution in [2.75, 3.05) is 13.2 Å². The average molecular weight is 229 g/mol. The van der Waals surface area contributed by atoms with Crippen molar-refractivity contribution in [2.24, 2.45) is 5.73 Å². The van der Waals surface area contributed by atoms with Crippen molar-refractivity contribution >= 4 is 17.4 Å². The van der Waals surface area contributed by atoms with E-state index in [4.69, 9.17) is 32.6 Å². The summed E-state index contributed by atoms with van der Waals surface area (Å²) < 4.78 is 5.35. The van der Waals surface area contributed by atoms with Crippen LogP contribution in [0.15, 0.2) is 18.2 Å². The first-order chi connectivity index (χ1) is 7.15. The fourth-order valence-corrected chi connectivity index (χ4v) is 1.26. The normalized spacial score (nSPS) is 10.0. The van der Waals surface area contributed by atoms with Gasteiger partial charge in [-0.15, -0.1) is 0 Å². The number of halogens is 1. The second-order valence-electron chi connectivity index (χ2n) is 2.98. The number of nitrogens with one attached hydrogen (secondary N) is 1. The number of rotatable bonds is 5. The summed E-state index contributed by atoms with van der Waals surface area (Å²) in [5, 5.41) is 16.5. The number of ether oxygens (including phenoxy) is 1. The lowest BCUT2D eigenvalue weighted by Gasteiger charge is -2.10. The van der Waals surface area contributed by atoms with Crippen LogP contribution < -0.4 is 10.5 Å². The number of benzene rings is 1. The third-order valence-electron chi connectivity index (χ3n) is 1.79. The predicted octanol–water partition coefficient (Wildman–Crippen LogP) is 1.39. The number of nitrogen functional groups attached to an aromatic ring is 1. The second kappa shape index (κ2) is 5.58. The molecule has 1 aromatic rings. The Balaban J connectivity index is 2.81. The van der Waals surface area contributed by atoms with Crippen molar-refractivity contribution in [1.82, 2.24) is 0 Å². The zero-order valence-corrected chi connectivity index (χ0v) is 8.92. The predicted molar refractivity (Wildman–Crippen MR) is 59.7 cm³/mol. The summed E-state index contributed by atoms with van der Waals surface area (Å²) >= 11 is 5.77. The van der Waals surface area contributed by atoms with E-state index >= 15 is 0 Å². The lowest BCUT2D eigenvalue weighted by Crippen LogP contribution is -2.13. The van der Waals surface area contributed by atoms with Crippen LogP contribution in [0.4, 0.5) is 0 Å². The summed E-state index contributed by atoms with van der Waals surface area (Å²) in [7, 11) is 0. The van der Waals surface area contributed by atoms with Crippen LogP contribution in [-0.2, 0) is 0 Å². The monoisotopic (exact) mass is 228 g/mol. The van der Waals surface area contributed by atoms with E-state index in [0.29, 0.717) is 29.4 Å². The number of hydrogen-bond donors (Lipinski definition) is 3. The van der Waals surface area contributed by atoms with E-state index in [0.717, 1.165) is 0 Å². The van der Waals surface area contributed by atoms with Crippen molar-refractivity contribution < 1.29 is 9.84 Å². The molecule has 4 nitrogen and oxygen atoms in total. The quantitative estimate of drug-likeness (QED) is 0.405. The molecular weight excluding hydrogens is 216 g/mol. The zero-order valence-electron chi connectivity index (χ0n) is 8.16. The summed E-state index contributed by atoms with van der Waals surface area (Å²) in [5.74, 6) is 0.428. The topological polar surface area (TPSA) is 79.3 Å². The van der Waals surface area contributed by atoms with Gasteiger partial charge in [-0.3, -0.25) is 5.41 Å². The first-order valence-corrected chi connectivity index (χ1v) is 4.90. The molecule has 0 saturated carbocycles. The summed E-state index contributed by atoms with van der Waals surface area (Å²) in [6.45, 7) is 0.460. The number of hydrogen-bond acceptors (Lipinski definition) is 3. The minimum atomic E-state index is -0.0866. The lowest BCUT2D eigenvalue weighted by atomic mass is 10.2. The van der Waals surface area contributed by atoms with Crippen LogP contribution in [-0.4, -0.2) is 24.2 Å². The van der Waals surface area contributed by atoms with Gasteiger partial charge in [0.05, 0.1) is 12.2 Å². The molecule has 0 aliphatic heterocycles. The van der Waals surface area contributed by atoms with Crippen LogP contribution in [0.25, 0.3) is 0 Å². The Morgan fingerprint density at radius 1 is 1.53 bits per heavy atom. The van der Waals surface area contributed by atoms with Crippen molar-refractivity contribution in [2.45, 2.75) is 6.42 Å². The zero-order chi connectivity index (χ0) is 11.3. The largest absolute Gasteiger partial charge is 0.493 e. The van der Waals surface area contributed by atoms with Gasteiger partial charge in [-0.2, -0.15) is 0 Å². The van der Waals surface area contributed by atoms with Crippen LogP contribution in [0.3, 0.4) is 0 Å². The average Bonchev–Trinajstić information content (AvgIpc) is 2.20. The van der Waals surface area contributed by atoms with Crippen molar-refractivity contribution in [3.05, 3.63) is 28.8 Å². The van der Waals surface area contributed by atoms with Gasteiger partial charge >= 0.3 is 0 Å². The van der Waals surface area contributed by atoms with Gasteiger partial charge in [-0.1, -0.05) is 11.6 Å². The van der Waals surface area contributed by atoms with E-state index in [9.17, 15) is 0 Å². The molecule has 1 rings (SSSR count). The second-order valence-corrected chi connectivity index (χ2v) is 3.42. The summed E-state index contributed by atoms with van der Waals surface area (Å²) in [6.07, 6.45) is 0.542. The smallest absolute Gasteiger partial charge is 0.130 e. The van der Waals surface area contributed by atoms with Crippen LogP contribution >= 0.6 is 11.6 Å². The Kier molecular flexibility index (Phi) is 4.39. The highest BCUT2D eigenvalue weighted by Crippen LogP contribution is 2.22. The van der Waals surface area contributed by atoms with E-state index in [2.05, 4.69) is 0 Å². The number of aliphatic hydroxyl groups excluding tert-OH is 1. The SMILES string of the molecule is N=C(N)c1cc(Cl)ccc1OCCCO. The number of nitrogens with two attached hydrogens (primary N) is 1. The fourth-order valence-electron chi connectivity index (χ4n) is 1.09. The molecule has 0 heterocycles. The molecule has 0 aliphatic rings. The van der Waals surface area contributed by atoms with Gasteiger partial charge in [-0.25, -0.2) is 0 Å². The molecule has 0 aliphatic carbocycles. The van der Waals surface area contributed by atoms with Crippen LogP contribution in [0, 0.1) is 5.41 Å². The Bertz CT molecular complexity index is 355. The summed E-state index contributed by atoms with van der Waals surface area (Å²) in [5.41, 5.74) is 5.86. The maximum Gasteiger partial charge on any atom is 0.130 e. The third kappa shape index (κ3) is 3.42. The van der Waals surface area contributed by atoms with Gasteiger partial charge in [0.2, 0.25) is 0 Å². The maximum absolute atomic E-state index is 8.60. The molecule has 0 fully saturated rings. The molecule has 0 bridgehead atoms. The Morgan fingerprint density at radius 2 is 2.27 bits per heavy atom. The molecule has 0 radical (unpaired) electrons. The Morgan fingerprint density at radius 3 is 2.87 bits per heavy atom. The first-order valence-electron chi connectivity index (χ1n) is 4.52. The Hall–Kier alpha value is -1.26. The summed E-state index contributed by atoms with van der Waals surface area (Å²) in [6, 6.07) is 4.91. The van der Waals surface area contributed by atoms with Gasteiger partial charge < -0.3 is 15.6 Å². The van der Waals surface area contributed by atoms with E-state index in [1.54, 1.807) is 18.2 Å². The molecule has 4 N–H and O–H groups in total. The van der Waals surface area contributed by atoms with Crippen LogP contribution in [0.2, 0.25) is 5.02 Å². The highest BCUT2D eigenvalue weighted by molar-refractivity contribution is 6.31. The van der Waals surface area contributed by atoms with E-state index < -0.39 is 0 Å². The van der Waals surface area contributed by atoms with E-state index in [1.807, 2.05) is 0 Å². The summed E-state index contributed by atoms with van der Waals surface area (Å²) in [4.78, 5) is 0. The molecule has 0 saturated heterocycles. The van der Waals surface area contributed by atoms with Crippen molar-refractivity contribution in [1.29, 1.82) is 5.41 Å². The van der Waals surface area contributed by atoms with Gasteiger partial charge in [0.1, 0.15) is 11.6 Å². The number of amidine groups is 1. The lowest BCUT2D eigenvalue weighted by molar-refractivity contribution is 0.233.